The highest BCUT2D eigenvalue weighted by Gasteiger charge is 2.05. The van der Waals surface area contributed by atoms with E-state index in [1.54, 1.807) is 0 Å². The Morgan fingerprint density at radius 1 is 1.06 bits per heavy atom. The van der Waals surface area contributed by atoms with E-state index < -0.39 is 0 Å². The normalized spacial score (nSPS) is 10.9. The van der Waals surface area contributed by atoms with Gasteiger partial charge in [-0.3, -0.25) is 0 Å². The lowest BCUT2D eigenvalue weighted by Crippen LogP contribution is -1.86. The maximum absolute atomic E-state index is 4.66. The van der Waals surface area contributed by atoms with Crippen molar-refractivity contribution in [3.63, 3.8) is 0 Å². The van der Waals surface area contributed by atoms with E-state index in [2.05, 4.69) is 54.0 Å². The van der Waals surface area contributed by atoms with Crippen LogP contribution in [0.25, 0.3) is 22.3 Å². The van der Waals surface area contributed by atoms with Crippen molar-refractivity contribution >= 4 is 42.8 Å². The zero-order valence-electron chi connectivity index (χ0n) is 8.74. The van der Waals surface area contributed by atoms with E-state index in [-0.39, 0.29) is 0 Å². The van der Waals surface area contributed by atoms with Gasteiger partial charge in [0, 0.05) is 20.5 Å². The quantitative estimate of drug-likeness (QED) is 0.673. The monoisotopic (exact) mass is 350 g/mol. The van der Waals surface area contributed by atoms with Gasteiger partial charge >= 0.3 is 0 Å². The van der Waals surface area contributed by atoms with Gasteiger partial charge in [0.15, 0.2) is 0 Å². The first-order valence-electron chi connectivity index (χ1n) is 5.13. The topological polar surface area (TPSA) is 28.7 Å². The summed E-state index contributed by atoms with van der Waals surface area (Å²) in [4.78, 5) is 7.82. The number of H-pyrrole nitrogens is 1. The number of fused-ring (bicyclic) bond motifs is 1. The highest BCUT2D eigenvalue weighted by molar-refractivity contribution is 9.11. The predicted molar refractivity (Wildman–Crippen MR) is 76.9 cm³/mol. The summed E-state index contributed by atoms with van der Waals surface area (Å²) in [6.45, 7) is 0. The van der Waals surface area contributed by atoms with E-state index >= 15 is 0 Å². The van der Waals surface area contributed by atoms with Crippen molar-refractivity contribution in [2.45, 2.75) is 0 Å². The van der Waals surface area contributed by atoms with E-state index in [0.717, 1.165) is 31.2 Å². The molecule has 0 radical (unpaired) electrons. The van der Waals surface area contributed by atoms with Crippen LogP contribution in [0.4, 0.5) is 0 Å². The number of hydrogen-bond acceptors (Lipinski definition) is 1. The van der Waals surface area contributed by atoms with Gasteiger partial charge in [0.25, 0.3) is 0 Å². The third-order valence-electron chi connectivity index (χ3n) is 2.58. The van der Waals surface area contributed by atoms with Crippen LogP contribution in [0.15, 0.2) is 51.5 Å². The summed E-state index contributed by atoms with van der Waals surface area (Å²) in [5.41, 5.74) is 2.95. The van der Waals surface area contributed by atoms with E-state index in [1.165, 1.54) is 0 Å². The van der Waals surface area contributed by atoms with Gasteiger partial charge in [-0.05, 0) is 46.3 Å². The molecule has 0 fully saturated rings. The summed E-state index contributed by atoms with van der Waals surface area (Å²) in [6, 6.07) is 12.2. The molecule has 1 aromatic carbocycles. The molecule has 0 amide bonds. The van der Waals surface area contributed by atoms with Crippen molar-refractivity contribution < 1.29 is 0 Å². The van der Waals surface area contributed by atoms with Crippen molar-refractivity contribution in [1.82, 2.24) is 9.97 Å². The first-order chi connectivity index (χ1) is 8.24. The Bertz CT molecular complexity index is 675. The van der Waals surface area contributed by atoms with Crippen molar-refractivity contribution in [3.8, 4) is 11.4 Å². The lowest BCUT2D eigenvalue weighted by atomic mass is 10.2. The Kier molecular flexibility index (Phi) is 2.76. The molecule has 2 aromatic heterocycles. The minimum atomic E-state index is 0.950. The Morgan fingerprint density at radius 3 is 2.71 bits per heavy atom. The van der Waals surface area contributed by atoms with Gasteiger partial charge < -0.3 is 4.98 Å². The predicted octanol–water partition coefficient (Wildman–Crippen LogP) is 4.75. The van der Waals surface area contributed by atoms with Crippen LogP contribution >= 0.6 is 31.9 Å². The van der Waals surface area contributed by atoms with Gasteiger partial charge in [0.1, 0.15) is 0 Å². The SMILES string of the molecule is Brc1cc(Br)c2nc(-c3ccc[nH]3)ccc2c1. The Morgan fingerprint density at radius 2 is 1.94 bits per heavy atom. The molecule has 0 saturated heterocycles. The number of aromatic nitrogens is 2. The van der Waals surface area contributed by atoms with Gasteiger partial charge in [0.05, 0.1) is 16.9 Å². The van der Waals surface area contributed by atoms with Crippen molar-refractivity contribution in [2.75, 3.05) is 0 Å². The number of nitrogens with zero attached hydrogens (tertiary/aromatic N) is 1. The summed E-state index contributed by atoms with van der Waals surface area (Å²) in [5.74, 6) is 0. The van der Waals surface area contributed by atoms with Crippen LogP contribution in [0.2, 0.25) is 0 Å². The van der Waals surface area contributed by atoms with Gasteiger partial charge in [-0.15, -0.1) is 0 Å². The largest absolute Gasteiger partial charge is 0.360 e. The Hall–Kier alpha value is -1.13. The maximum atomic E-state index is 4.66. The van der Waals surface area contributed by atoms with Crippen molar-refractivity contribution in [1.29, 1.82) is 0 Å². The van der Waals surface area contributed by atoms with Crippen molar-refractivity contribution in [2.24, 2.45) is 0 Å². The fourth-order valence-corrected chi connectivity index (χ4v) is 3.14. The molecule has 1 N–H and O–H groups in total. The summed E-state index contributed by atoms with van der Waals surface area (Å²) >= 11 is 7.02. The number of hydrogen-bond donors (Lipinski definition) is 1. The van der Waals surface area contributed by atoms with E-state index in [0.29, 0.717) is 0 Å². The first-order valence-corrected chi connectivity index (χ1v) is 6.72. The molecule has 0 atom stereocenters. The molecule has 0 aliphatic rings. The second-order valence-electron chi connectivity index (χ2n) is 3.74. The third-order valence-corrected chi connectivity index (χ3v) is 3.65. The number of pyridine rings is 1. The molecular weight excluding hydrogens is 344 g/mol. The molecule has 3 rings (SSSR count). The molecule has 0 aliphatic heterocycles. The van der Waals surface area contributed by atoms with Crippen LogP contribution in [-0.2, 0) is 0 Å². The summed E-state index contributed by atoms with van der Waals surface area (Å²) < 4.78 is 2.04. The molecule has 4 heteroatoms. The van der Waals surface area contributed by atoms with E-state index in [9.17, 15) is 0 Å². The average Bonchev–Trinajstić information content (AvgIpc) is 2.82. The van der Waals surface area contributed by atoms with Crippen LogP contribution in [-0.4, -0.2) is 9.97 Å². The first kappa shape index (κ1) is 11.0. The van der Waals surface area contributed by atoms with Crippen LogP contribution in [0.5, 0.6) is 0 Å². The van der Waals surface area contributed by atoms with Crippen LogP contribution in [0.3, 0.4) is 0 Å². The van der Waals surface area contributed by atoms with Crippen LogP contribution in [0.1, 0.15) is 0 Å². The minimum absolute atomic E-state index is 0.950. The molecular formula is C13H8Br2N2. The number of aromatic amines is 1. The molecule has 2 nitrogen and oxygen atoms in total. The highest BCUT2D eigenvalue weighted by Crippen LogP contribution is 2.29. The second kappa shape index (κ2) is 4.27. The lowest BCUT2D eigenvalue weighted by Gasteiger charge is -2.04. The fraction of sp³-hybridized carbons (Fsp3) is 0. The Labute approximate surface area is 115 Å². The Balaban J connectivity index is 2.26. The van der Waals surface area contributed by atoms with Gasteiger partial charge in [-0.2, -0.15) is 0 Å². The summed E-state index contributed by atoms with van der Waals surface area (Å²) in [6.07, 6.45) is 1.90. The summed E-state index contributed by atoms with van der Waals surface area (Å²) in [7, 11) is 0. The fourth-order valence-electron chi connectivity index (χ4n) is 1.80. The molecule has 3 aromatic rings. The van der Waals surface area contributed by atoms with Crippen LogP contribution in [0, 0.1) is 0 Å². The smallest absolute Gasteiger partial charge is 0.0872 e. The molecule has 2 heterocycles. The van der Waals surface area contributed by atoms with E-state index in [1.807, 2.05) is 30.5 Å². The lowest BCUT2D eigenvalue weighted by molar-refractivity contribution is 1.32. The van der Waals surface area contributed by atoms with Gasteiger partial charge in [-0.25, -0.2) is 4.98 Å². The molecule has 0 bridgehead atoms. The highest BCUT2D eigenvalue weighted by atomic mass is 79.9. The molecule has 0 unspecified atom stereocenters. The number of nitrogens with one attached hydrogen (secondary N) is 1. The maximum Gasteiger partial charge on any atom is 0.0872 e. The zero-order valence-corrected chi connectivity index (χ0v) is 11.9. The van der Waals surface area contributed by atoms with Gasteiger partial charge in [-0.1, -0.05) is 22.0 Å². The molecule has 0 saturated carbocycles. The van der Waals surface area contributed by atoms with Crippen molar-refractivity contribution in [3.05, 3.63) is 51.5 Å². The molecule has 17 heavy (non-hydrogen) atoms. The third kappa shape index (κ3) is 2.03. The molecule has 0 spiro atoms. The number of benzene rings is 1. The van der Waals surface area contributed by atoms with E-state index in [4.69, 9.17) is 0 Å². The number of rotatable bonds is 1. The molecule has 0 aliphatic carbocycles. The molecule has 84 valence electrons. The minimum Gasteiger partial charge on any atom is -0.360 e. The standard InChI is InChI=1S/C13H8Br2N2/c14-9-6-8-3-4-12(11-2-1-5-16-11)17-13(8)10(15)7-9/h1-7,16H. The zero-order chi connectivity index (χ0) is 11.8. The second-order valence-corrected chi connectivity index (χ2v) is 5.51. The van der Waals surface area contributed by atoms with Gasteiger partial charge in [0.2, 0.25) is 0 Å². The number of halogens is 2. The summed E-state index contributed by atoms with van der Waals surface area (Å²) in [5, 5.41) is 1.11. The average molecular weight is 352 g/mol. The van der Waals surface area contributed by atoms with Crippen LogP contribution < -0.4 is 0 Å².